The van der Waals surface area contributed by atoms with Gasteiger partial charge in [0.25, 0.3) is 0 Å². The number of benzene rings is 1. The van der Waals surface area contributed by atoms with Gasteiger partial charge in [-0.25, -0.2) is 9.78 Å². The zero-order valence-electron chi connectivity index (χ0n) is 14.5. The summed E-state index contributed by atoms with van der Waals surface area (Å²) in [7, 11) is 0. The van der Waals surface area contributed by atoms with Crippen molar-refractivity contribution in [3.63, 3.8) is 0 Å². The van der Waals surface area contributed by atoms with Gasteiger partial charge >= 0.3 is 6.03 Å². The third-order valence-electron chi connectivity index (χ3n) is 4.83. The van der Waals surface area contributed by atoms with Gasteiger partial charge in [0.05, 0.1) is 6.54 Å². The number of amides is 2. The van der Waals surface area contributed by atoms with Crippen molar-refractivity contribution in [1.29, 1.82) is 0 Å². The Hall–Kier alpha value is -2.30. The lowest BCUT2D eigenvalue weighted by molar-refractivity contribution is 0.0529. The molecule has 0 spiro atoms. The lowest BCUT2D eigenvalue weighted by Gasteiger charge is -2.48. The topological polar surface area (TPSA) is 50.2 Å². The number of nitrogens with one attached hydrogen (secondary N) is 1. The predicted molar refractivity (Wildman–Crippen MR) is 94.6 cm³/mol. The van der Waals surface area contributed by atoms with Gasteiger partial charge in [0.2, 0.25) is 0 Å². The van der Waals surface area contributed by atoms with E-state index in [-0.39, 0.29) is 11.6 Å². The molecule has 5 nitrogen and oxygen atoms in total. The average Bonchev–Trinajstić information content (AvgIpc) is 3.00. The highest BCUT2D eigenvalue weighted by Crippen LogP contribution is 2.29. The molecule has 2 heterocycles. The highest BCUT2D eigenvalue weighted by molar-refractivity contribution is 5.75. The molecule has 1 fully saturated rings. The first-order chi connectivity index (χ1) is 11.6. The quantitative estimate of drug-likeness (QED) is 0.886. The molecule has 1 aromatic heterocycles. The van der Waals surface area contributed by atoms with Crippen molar-refractivity contribution in [2.24, 2.45) is 0 Å². The van der Waals surface area contributed by atoms with Crippen LogP contribution in [0.25, 0.3) is 0 Å². The van der Waals surface area contributed by atoms with Gasteiger partial charge in [-0.2, -0.15) is 0 Å². The van der Waals surface area contributed by atoms with Crippen LogP contribution in [0.4, 0.5) is 4.79 Å². The summed E-state index contributed by atoms with van der Waals surface area (Å²) in [5.41, 5.74) is 1.34. The number of imidazole rings is 1. The molecule has 0 atom stereocenters. The zero-order valence-corrected chi connectivity index (χ0v) is 14.5. The van der Waals surface area contributed by atoms with Gasteiger partial charge in [-0.15, -0.1) is 0 Å². The second-order valence-corrected chi connectivity index (χ2v) is 7.00. The van der Waals surface area contributed by atoms with Crippen molar-refractivity contribution < 1.29 is 4.79 Å². The van der Waals surface area contributed by atoms with Gasteiger partial charge in [0.1, 0.15) is 5.82 Å². The van der Waals surface area contributed by atoms with Crippen LogP contribution in [-0.2, 0) is 19.5 Å². The summed E-state index contributed by atoms with van der Waals surface area (Å²) in [6, 6.07) is 10.5. The molecule has 0 saturated carbocycles. The first-order valence-electron chi connectivity index (χ1n) is 8.66. The maximum Gasteiger partial charge on any atom is 0.318 e. The summed E-state index contributed by atoms with van der Waals surface area (Å²) in [5, 5.41) is 2.99. The van der Waals surface area contributed by atoms with Gasteiger partial charge in [0, 0.05) is 31.0 Å². The third-order valence-corrected chi connectivity index (χ3v) is 4.83. The maximum atomic E-state index is 12.2. The van der Waals surface area contributed by atoms with Crippen molar-refractivity contribution in [3.05, 3.63) is 54.1 Å². The molecule has 0 bridgehead atoms. The van der Waals surface area contributed by atoms with E-state index in [1.54, 1.807) is 6.20 Å². The Balaban J connectivity index is 1.47. The fraction of sp³-hybridized carbons (Fsp3) is 0.474. The van der Waals surface area contributed by atoms with Gasteiger partial charge in [-0.05, 0) is 38.7 Å². The molecule has 1 saturated heterocycles. The van der Waals surface area contributed by atoms with Crippen LogP contribution < -0.4 is 5.32 Å². The van der Waals surface area contributed by atoms with Crippen molar-refractivity contribution in [2.45, 2.75) is 51.7 Å². The van der Waals surface area contributed by atoms with E-state index >= 15 is 0 Å². The second-order valence-electron chi connectivity index (χ2n) is 7.00. The highest BCUT2D eigenvalue weighted by Gasteiger charge is 2.39. The van der Waals surface area contributed by atoms with E-state index in [9.17, 15) is 4.79 Å². The Morgan fingerprint density at radius 3 is 2.75 bits per heavy atom. The molecule has 2 amide bonds. The molecular weight excluding hydrogens is 300 g/mol. The number of hydrogen-bond donors (Lipinski definition) is 1. The summed E-state index contributed by atoms with van der Waals surface area (Å²) >= 11 is 0. The molecule has 24 heavy (non-hydrogen) atoms. The number of aryl methyl sites for hydroxylation is 2. The molecule has 1 aliphatic heterocycles. The molecule has 0 unspecified atom stereocenters. The molecule has 0 aliphatic carbocycles. The minimum absolute atomic E-state index is 0.00471. The van der Waals surface area contributed by atoms with Crippen LogP contribution in [0.5, 0.6) is 0 Å². The monoisotopic (exact) mass is 326 g/mol. The number of hydrogen-bond acceptors (Lipinski definition) is 2. The van der Waals surface area contributed by atoms with E-state index in [1.807, 2.05) is 17.2 Å². The van der Waals surface area contributed by atoms with Crippen LogP contribution >= 0.6 is 0 Å². The van der Waals surface area contributed by atoms with E-state index in [2.05, 4.69) is 53.0 Å². The zero-order chi connectivity index (χ0) is 17.0. The molecular formula is C19H26N4O. The number of nitrogens with zero attached hydrogens (tertiary/aromatic N) is 3. The second kappa shape index (κ2) is 7.07. The first-order valence-corrected chi connectivity index (χ1v) is 8.66. The van der Waals surface area contributed by atoms with Crippen LogP contribution in [0.15, 0.2) is 42.7 Å². The van der Waals surface area contributed by atoms with Gasteiger partial charge < -0.3 is 14.8 Å². The molecule has 128 valence electrons. The highest BCUT2D eigenvalue weighted by atomic mass is 16.2. The lowest BCUT2D eigenvalue weighted by atomic mass is 9.90. The number of aromatic nitrogens is 2. The van der Waals surface area contributed by atoms with E-state index in [0.29, 0.717) is 6.54 Å². The van der Waals surface area contributed by atoms with Crippen LogP contribution in [0.2, 0.25) is 0 Å². The minimum Gasteiger partial charge on any atom is -0.333 e. The van der Waals surface area contributed by atoms with E-state index in [0.717, 1.165) is 38.2 Å². The number of carbonyl (C=O) groups is 1. The van der Waals surface area contributed by atoms with E-state index in [4.69, 9.17) is 0 Å². The average molecular weight is 326 g/mol. The Kier molecular flexibility index (Phi) is 4.88. The van der Waals surface area contributed by atoms with Crippen LogP contribution in [0.1, 0.15) is 38.1 Å². The van der Waals surface area contributed by atoms with E-state index < -0.39 is 0 Å². The van der Waals surface area contributed by atoms with Crippen LogP contribution in [-0.4, -0.2) is 32.6 Å². The van der Waals surface area contributed by atoms with Crippen LogP contribution in [0.3, 0.4) is 0 Å². The van der Waals surface area contributed by atoms with Crippen molar-refractivity contribution in [2.75, 3.05) is 6.54 Å². The smallest absolute Gasteiger partial charge is 0.318 e. The summed E-state index contributed by atoms with van der Waals surface area (Å²) < 4.78 is 2.13. The van der Waals surface area contributed by atoms with Crippen molar-refractivity contribution in [3.8, 4) is 0 Å². The number of likely N-dealkylation sites (tertiary alicyclic amines) is 1. The molecule has 1 aromatic carbocycles. The molecule has 1 N–H and O–H groups in total. The maximum absolute atomic E-state index is 12.2. The van der Waals surface area contributed by atoms with Crippen molar-refractivity contribution >= 4 is 6.03 Å². The molecule has 3 rings (SSSR count). The van der Waals surface area contributed by atoms with Gasteiger partial charge in [-0.1, -0.05) is 30.3 Å². The molecule has 5 heteroatoms. The van der Waals surface area contributed by atoms with Crippen LogP contribution in [0, 0.1) is 0 Å². The molecule has 0 radical (unpaired) electrons. The minimum atomic E-state index is -0.0187. The standard InChI is InChI=1S/C19H26N4O/c1-19(2)10-13-23(19)18(24)21-15-17-20-11-14-22(17)12-6-9-16-7-4-3-5-8-16/h3-5,7-8,11,14H,6,9-10,12-13,15H2,1-2H3,(H,21,24). The Morgan fingerprint density at radius 2 is 2.08 bits per heavy atom. The first kappa shape index (κ1) is 16.6. The lowest BCUT2D eigenvalue weighted by Crippen LogP contribution is -2.61. The fourth-order valence-electron chi connectivity index (χ4n) is 3.11. The SMILES string of the molecule is CC1(C)CCN1C(=O)NCc1nccn1CCCc1ccccc1. The largest absolute Gasteiger partial charge is 0.333 e. The summed E-state index contributed by atoms with van der Waals surface area (Å²) in [4.78, 5) is 18.5. The number of carbonyl (C=O) groups excluding carboxylic acids is 1. The summed E-state index contributed by atoms with van der Waals surface area (Å²) in [6.45, 7) is 6.42. The predicted octanol–water partition coefficient (Wildman–Crippen LogP) is 3.21. The van der Waals surface area contributed by atoms with Crippen molar-refractivity contribution in [1.82, 2.24) is 19.8 Å². The Morgan fingerprint density at radius 1 is 1.29 bits per heavy atom. The van der Waals surface area contributed by atoms with Gasteiger partial charge in [0.15, 0.2) is 0 Å². The fourth-order valence-corrected chi connectivity index (χ4v) is 3.11. The summed E-state index contributed by atoms with van der Waals surface area (Å²) in [5.74, 6) is 0.912. The van der Waals surface area contributed by atoms with E-state index in [1.165, 1.54) is 5.56 Å². The Bertz CT molecular complexity index is 678. The third kappa shape index (κ3) is 3.78. The molecule has 1 aliphatic rings. The number of urea groups is 1. The normalized spacial score (nSPS) is 15.8. The molecule has 2 aromatic rings. The summed E-state index contributed by atoms with van der Waals surface area (Å²) in [6.07, 6.45) is 6.96. The van der Waals surface area contributed by atoms with Gasteiger partial charge in [-0.3, -0.25) is 0 Å². The Labute approximate surface area is 143 Å². The number of rotatable bonds is 6.